The van der Waals surface area contributed by atoms with Crippen LogP contribution in [0.3, 0.4) is 0 Å². The number of alkyl halides is 2. The first kappa shape index (κ1) is 14.7. The average Bonchev–Trinajstić information content (AvgIpc) is 2.40. The van der Waals surface area contributed by atoms with Crippen LogP contribution in [0.5, 0.6) is 0 Å². The molecule has 0 saturated carbocycles. The maximum absolute atomic E-state index is 12.3. The fraction of sp³-hybridized carbons (Fsp3) is 0.250. The van der Waals surface area contributed by atoms with E-state index in [2.05, 4.69) is 15.0 Å². The number of carbonyl (C=O) groups is 1. The predicted molar refractivity (Wildman–Crippen MR) is 63.4 cm³/mol. The lowest BCUT2D eigenvalue weighted by atomic mass is 10.2. The Morgan fingerprint density at radius 1 is 1.32 bits per heavy atom. The molecule has 5 nitrogen and oxygen atoms in total. The van der Waals surface area contributed by atoms with Crippen LogP contribution < -0.4 is 0 Å². The Labute approximate surface area is 108 Å². The highest BCUT2D eigenvalue weighted by Crippen LogP contribution is 2.18. The molecular weight excluding hydrogens is 258 g/mol. The van der Waals surface area contributed by atoms with Crippen LogP contribution in [0.1, 0.15) is 5.56 Å². The number of ether oxygens (including phenoxy) is 1. The number of rotatable bonds is 4. The smallest absolute Gasteiger partial charge is 0.362 e. The molecule has 0 aliphatic carbocycles. The van der Waals surface area contributed by atoms with Crippen LogP contribution in [0.2, 0.25) is 0 Å². The van der Waals surface area contributed by atoms with Crippen molar-refractivity contribution in [2.24, 2.45) is 10.2 Å². The summed E-state index contributed by atoms with van der Waals surface area (Å²) in [6.45, 7) is 1.86. The number of nitrogens with zero attached hydrogens (tertiary/aromatic N) is 2. The normalized spacial score (nSPS) is 12.7. The van der Waals surface area contributed by atoms with Gasteiger partial charge in [-0.1, -0.05) is 17.7 Å². The van der Waals surface area contributed by atoms with Crippen molar-refractivity contribution in [3.05, 3.63) is 41.3 Å². The van der Waals surface area contributed by atoms with E-state index in [-0.39, 0.29) is 0 Å². The van der Waals surface area contributed by atoms with Gasteiger partial charge in [-0.2, -0.15) is 5.11 Å². The third kappa shape index (κ3) is 4.13. The van der Waals surface area contributed by atoms with Crippen molar-refractivity contribution in [2.45, 2.75) is 13.3 Å². The van der Waals surface area contributed by atoms with Gasteiger partial charge in [0.25, 0.3) is 6.43 Å². The average molecular weight is 270 g/mol. The molecule has 1 N–H and O–H groups in total. The number of methoxy groups -OCH3 is 1. The van der Waals surface area contributed by atoms with Crippen LogP contribution in [0.15, 0.2) is 46.0 Å². The Morgan fingerprint density at radius 3 is 2.37 bits per heavy atom. The Morgan fingerprint density at radius 2 is 1.89 bits per heavy atom. The fourth-order valence-electron chi connectivity index (χ4n) is 1.12. The number of benzene rings is 1. The van der Waals surface area contributed by atoms with E-state index in [0.29, 0.717) is 5.69 Å². The fourth-order valence-corrected chi connectivity index (χ4v) is 1.12. The van der Waals surface area contributed by atoms with Crippen molar-refractivity contribution < 1.29 is 23.4 Å². The van der Waals surface area contributed by atoms with Gasteiger partial charge in [-0.05, 0) is 19.1 Å². The summed E-state index contributed by atoms with van der Waals surface area (Å²) in [6.07, 6.45) is -3.23. The molecule has 0 atom stereocenters. The van der Waals surface area contributed by atoms with Gasteiger partial charge >= 0.3 is 5.97 Å². The molecule has 0 radical (unpaired) electrons. The number of aliphatic hydroxyl groups is 1. The van der Waals surface area contributed by atoms with Crippen molar-refractivity contribution in [1.29, 1.82) is 0 Å². The molecule has 0 spiro atoms. The van der Waals surface area contributed by atoms with E-state index in [1.165, 1.54) is 0 Å². The Bertz CT molecular complexity index is 510. The summed E-state index contributed by atoms with van der Waals surface area (Å²) in [7, 11) is 0.989. The minimum Gasteiger partial charge on any atom is -0.505 e. The number of azo groups is 1. The van der Waals surface area contributed by atoms with Gasteiger partial charge in [-0.25, -0.2) is 13.6 Å². The van der Waals surface area contributed by atoms with Crippen molar-refractivity contribution in [2.75, 3.05) is 7.11 Å². The minimum atomic E-state index is -3.23. The van der Waals surface area contributed by atoms with Gasteiger partial charge in [0.1, 0.15) is 0 Å². The minimum absolute atomic E-state index is 0.356. The van der Waals surface area contributed by atoms with Gasteiger partial charge in [-0.3, -0.25) is 0 Å². The first-order chi connectivity index (χ1) is 8.95. The summed E-state index contributed by atoms with van der Waals surface area (Å²) in [5, 5.41) is 16.0. The standard InChI is InChI=1S/C12H12F2N2O3/c1-7-3-5-8(6-4-7)15-16-9(12(18)19-2)10(17)11(13)14/h3-6,11,17H,1-2H3. The van der Waals surface area contributed by atoms with Gasteiger partial charge < -0.3 is 9.84 Å². The molecule has 1 rings (SSSR count). The van der Waals surface area contributed by atoms with Gasteiger partial charge in [0.15, 0.2) is 5.76 Å². The van der Waals surface area contributed by atoms with Crippen molar-refractivity contribution in [3.8, 4) is 0 Å². The maximum Gasteiger partial charge on any atom is 0.362 e. The number of aryl methyl sites for hydroxylation is 1. The predicted octanol–water partition coefficient (Wildman–Crippen LogP) is 3.29. The zero-order valence-corrected chi connectivity index (χ0v) is 10.3. The van der Waals surface area contributed by atoms with E-state index in [4.69, 9.17) is 5.11 Å². The second kappa shape index (κ2) is 6.58. The number of aliphatic hydroxyl groups excluding tert-OH is 1. The zero-order valence-electron chi connectivity index (χ0n) is 10.3. The summed E-state index contributed by atoms with van der Waals surface area (Å²) in [6, 6.07) is 6.66. The molecule has 0 aromatic heterocycles. The Hall–Kier alpha value is -2.31. The van der Waals surface area contributed by atoms with Crippen LogP contribution in [-0.4, -0.2) is 24.6 Å². The molecule has 0 unspecified atom stereocenters. The van der Waals surface area contributed by atoms with Crippen LogP contribution in [-0.2, 0) is 9.53 Å². The number of hydrogen-bond donors (Lipinski definition) is 1. The lowest BCUT2D eigenvalue weighted by Crippen LogP contribution is -2.10. The monoisotopic (exact) mass is 270 g/mol. The number of halogens is 2. The molecule has 0 heterocycles. The van der Waals surface area contributed by atoms with Crippen LogP contribution >= 0.6 is 0 Å². The molecule has 102 valence electrons. The third-order valence-electron chi connectivity index (χ3n) is 2.13. The Balaban J connectivity index is 3.05. The van der Waals surface area contributed by atoms with Crippen molar-refractivity contribution in [1.82, 2.24) is 0 Å². The van der Waals surface area contributed by atoms with E-state index < -0.39 is 23.9 Å². The third-order valence-corrected chi connectivity index (χ3v) is 2.13. The summed E-state index contributed by atoms with van der Waals surface area (Å²) in [4.78, 5) is 11.2. The second-order valence-electron chi connectivity index (χ2n) is 3.56. The van der Waals surface area contributed by atoms with Gasteiger partial charge in [0, 0.05) is 0 Å². The summed E-state index contributed by atoms with van der Waals surface area (Å²) in [5.41, 5.74) is 0.422. The first-order valence-electron chi connectivity index (χ1n) is 5.23. The number of allylic oxidation sites excluding steroid dienone is 1. The SMILES string of the molecule is COC(=O)C(N=Nc1ccc(C)cc1)=C(O)C(F)F. The van der Waals surface area contributed by atoms with Crippen molar-refractivity contribution >= 4 is 11.7 Å². The lowest BCUT2D eigenvalue weighted by molar-refractivity contribution is -0.136. The van der Waals surface area contributed by atoms with E-state index in [1.54, 1.807) is 24.3 Å². The van der Waals surface area contributed by atoms with Gasteiger partial charge in [0.05, 0.1) is 12.8 Å². The molecule has 0 aliphatic heterocycles. The van der Waals surface area contributed by atoms with E-state index in [0.717, 1.165) is 12.7 Å². The largest absolute Gasteiger partial charge is 0.505 e. The molecule has 0 bridgehead atoms. The summed E-state index contributed by atoms with van der Waals surface area (Å²) >= 11 is 0. The highest BCUT2D eigenvalue weighted by atomic mass is 19.3. The van der Waals surface area contributed by atoms with Crippen molar-refractivity contribution in [3.63, 3.8) is 0 Å². The quantitative estimate of drug-likeness (QED) is 0.395. The molecule has 0 fully saturated rings. The van der Waals surface area contributed by atoms with Crippen LogP contribution in [0, 0.1) is 6.92 Å². The first-order valence-corrected chi connectivity index (χ1v) is 5.23. The number of esters is 1. The highest BCUT2D eigenvalue weighted by Gasteiger charge is 2.22. The molecule has 0 aliphatic rings. The molecule has 0 saturated heterocycles. The summed E-state index contributed by atoms with van der Waals surface area (Å²) < 4.78 is 28.9. The summed E-state index contributed by atoms with van der Waals surface area (Å²) in [5.74, 6) is -2.66. The van der Waals surface area contributed by atoms with Gasteiger partial charge in [-0.15, -0.1) is 5.11 Å². The van der Waals surface area contributed by atoms with Gasteiger partial charge in [0.2, 0.25) is 5.70 Å². The molecule has 1 aromatic rings. The second-order valence-corrected chi connectivity index (χ2v) is 3.56. The topological polar surface area (TPSA) is 71.2 Å². The lowest BCUT2D eigenvalue weighted by Gasteiger charge is -2.02. The molecule has 0 amide bonds. The van der Waals surface area contributed by atoms with E-state index in [1.807, 2.05) is 6.92 Å². The molecule has 19 heavy (non-hydrogen) atoms. The number of carbonyl (C=O) groups excluding carboxylic acids is 1. The number of hydrogen-bond acceptors (Lipinski definition) is 5. The molecular formula is C12H12F2N2O3. The maximum atomic E-state index is 12.3. The van der Waals surface area contributed by atoms with E-state index >= 15 is 0 Å². The molecule has 1 aromatic carbocycles. The van der Waals surface area contributed by atoms with Crippen LogP contribution in [0.25, 0.3) is 0 Å². The zero-order chi connectivity index (χ0) is 14.4. The van der Waals surface area contributed by atoms with E-state index in [9.17, 15) is 13.6 Å². The molecule has 7 heteroatoms. The van der Waals surface area contributed by atoms with Crippen LogP contribution in [0.4, 0.5) is 14.5 Å². The Kier molecular flexibility index (Phi) is 5.11. The highest BCUT2D eigenvalue weighted by molar-refractivity contribution is 5.88.